The normalized spacial score (nSPS) is 25.8. The van der Waals surface area contributed by atoms with Gasteiger partial charge in [0.15, 0.2) is 0 Å². The first-order valence-corrected chi connectivity index (χ1v) is 2.68. The van der Waals surface area contributed by atoms with Crippen LogP contribution in [0.15, 0.2) is 29.5 Å². The molecular weight excluding hydrogens is 218 g/mol. The zero-order chi connectivity index (χ0) is 8.65. The Morgan fingerprint density at radius 2 is 1.77 bits per heavy atom. The quantitative estimate of drug-likeness (QED) is 0.297. The highest BCUT2D eigenvalue weighted by Crippen LogP contribution is 2.22. The van der Waals surface area contributed by atoms with Crippen LogP contribution in [0.4, 0.5) is 0 Å². The van der Waals surface area contributed by atoms with Crippen LogP contribution in [0.1, 0.15) is 0 Å². The van der Waals surface area contributed by atoms with Gasteiger partial charge < -0.3 is 27.7 Å². The van der Waals surface area contributed by atoms with Gasteiger partial charge in [-0.3, -0.25) is 0 Å². The molecular formula is C5H10ClN2O4P. The Labute approximate surface area is 83.7 Å². The average Bonchev–Trinajstić information content (AvgIpc) is 2.16. The fraction of sp³-hybridized carbons (Fsp3) is 0. The molecule has 4 N–H and O–H groups in total. The summed E-state index contributed by atoms with van der Waals surface area (Å²) in [4.78, 5) is 3.00. The Kier molecular flexibility index (Phi) is 5.01. The van der Waals surface area contributed by atoms with Gasteiger partial charge in [-0.25, -0.2) is 0 Å². The molecule has 0 spiro atoms. The van der Waals surface area contributed by atoms with Gasteiger partial charge in [-0.05, 0) is 11.2 Å². The smallest absolute Gasteiger partial charge is 0.446 e. The SMILES string of the molecule is C=C[N+]1(O)C(O)=NC(O)=C1O.P.[Cl-]. The van der Waals surface area contributed by atoms with Crippen molar-refractivity contribution in [3.8, 4) is 0 Å². The van der Waals surface area contributed by atoms with Crippen molar-refractivity contribution in [2.24, 2.45) is 4.99 Å². The predicted molar refractivity (Wildman–Crippen MR) is 45.7 cm³/mol. The van der Waals surface area contributed by atoms with Gasteiger partial charge >= 0.3 is 17.8 Å². The highest BCUT2D eigenvalue weighted by molar-refractivity contribution is 6.92. The summed E-state index contributed by atoms with van der Waals surface area (Å²) in [6.45, 7) is 3.13. The summed E-state index contributed by atoms with van der Waals surface area (Å²) in [6.07, 6.45) is 0.803. The molecule has 0 amide bonds. The molecule has 8 heteroatoms. The molecule has 2 atom stereocenters. The van der Waals surface area contributed by atoms with Gasteiger partial charge in [-0.1, -0.05) is 0 Å². The molecule has 0 aromatic heterocycles. The molecule has 6 nitrogen and oxygen atoms in total. The molecule has 2 unspecified atom stereocenters. The summed E-state index contributed by atoms with van der Waals surface area (Å²) in [5.41, 5.74) is 0. The van der Waals surface area contributed by atoms with Crippen molar-refractivity contribution in [1.29, 1.82) is 0 Å². The minimum absolute atomic E-state index is 0. The first-order valence-electron chi connectivity index (χ1n) is 2.68. The minimum Gasteiger partial charge on any atom is -1.00 e. The number of amidine groups is 1. The van der Waals surface area contributed by atoms with E-state index in [0.717, 1.165) is 6.20 Å². The summed E-state index contributed by atoms with van der Waals surface area (Å²) in [7, 11) is 0. The lowest BCUT2D eigenvalue weighted by Crippen LogP contribution is -3.00. The molecule has 0 saturated carbocycles. The summed E-state index contributed by atoms with van der Waals surface area (Å²) in [5, 5.41) is 35.6. The number of hydrogen-bond donors (Lipinski definition) is 4. The maximum atomic E-state index is 9.18. The van der Waals surface area contributed by atoms with Crippen molar-refractivity contribution >= 4 is 15.9 Å². The van der Waals surface area contributed by atoms with Crippen LogP contribution in [-0.2, 0) is 0 Å². The summed E-state index contributed by atoms with van der Waals surface area (Å²) in [5.74, 6) is -1.71. The maximum Gasteiger partial charge on any atom is 0.446 e. The summed E-state index contributed by atoms with van der Waals surface area (Å²) >= 11 is 0. The molecule has 0 bridgehead atoms. The van der Waals surface area contributed by atoms with E-state index in [1.165, 1.54) is 0 Å². The number of aliphatic hydroxyl groups excluding tert-OH is 3. The van der Waals surface area contributed by atoms with Crippen molar-refractivity contribution in [2.45, 2.75) is 0 Å². The fourth-order valence-corrected chi connectivity index (χ4v) is 0.636. The lowest BCUT2D eigenvalue weighted by atomic mass is 10.6. The van der Waals surface area contributed by atoms with Gasteiger partial charge in [0.1, 0.15) is 6.20 Å². The Balaban J connectivity index is 0. The zero-order valence-corrected chi connectivity index (χ0v) is 8.72. The standard InChI is InChI=1S/C5H6N2O4.ClH.H3P/c1-2-7(11)4(9)3(8)6-5(7)10;;/h2,11H,1H2,(H2-,6,8,9,10);1H;1H3. The van der Waals surface area contributed by atoms with Crippen LogP contribution in [0.25, 0.3) is 0 Å². The Hall–Kier alpha value is -0.810. The molecule has 76 valence electrons. The lowest BCUT2D eigenvalue weighted by Gasteiger charge is -2.13. The van der Waals surface area contributed by atoms with Gasteiger partial charge in [0.05, 0.1) is 0 Å². The third kappa shape index (κ3) is 1.92. The second-order valence-electron chi connectivity index (χ2n) is 1.93. The number of aliphatic hydroxyl groups is 3. The Morgan fingerprint density at radius 3 is 1.92 bits per heavy atom. The number of quaternary nitrogens is 1. The summed E-state index contributed by atoms with van der Waals surface area (Å²) < 4.78 is -1.47. The maximum absolute atomic E-state index is 9.18. The molecule has 0 radical (unpaired) electrons. The summed E-state index contributed by atoms with van der Waals surface area (Å²) in [6, 6.07) is -0.852. The van der Waals surface area contributed by atoms with Gasteiger partial charge in [0.2, 0.25) is 0 Å². The molecule has 1 rings (SSSR count). The molecule has 13 heavy (non-hydrogen) atoms. The zero-order valence-electron chi connectivity index (χ0n) is 6.55. The van der Waals surface area contributed by atoms with E-state index in [1.807, 2.05) is 0 Å². The van der Waals surface area contributed by atoms with Crippen molar-refractivity contribution < 1.29 is 37.6 Å². The third-order valence-electron chi connectivity index (χ3n) is 1.30. The number of hydrogen-bond acceptors (Lipinski definition) is 4. The second-order valence-corrected chi connectivity index (χ2v) is 1.93. The molecule has 0 aliphatic carbocycles. The van der Waals surface area contributed by atoms with Crippen LogP contribution in [0.3, 0.4) is 0 Å². The predicted octanol–water partition coefficient (Wildman–Crippen LogP) is -2.43. The Bertz CT molecular complexity index is 280. The van der Waals surface area contributed by atoms with E-state index in [1.54, 1.807) is 0 Å². The first-order chi connectivity index (χ1) is 5.02. The third-order valence-corrected chi connectivity index (χ3v) is 1.30. The molecule has 0 aromatic rings. The van der Waals surface area contributed by atoms with Crippen LogP contribution in [0, 0.1) is 0 Å². The Morgan fingerprint density at radius 1 is 1.31 bits per heavy atom. The fourth-order valence-electron chi connectivity index (χ4n) is 0.636. The topological polar surface area (TPSA) is 93.3 Å². The average molecular weight is 229 g/mol. The van der Waals surface area contributed by atoms with Gasteiger partial charge in [0.25, 0.3) is 0 Å². The van der Waals surface area contributed by atoms with Crippen molar-refractivity contribution in [1.82, 2.24) is 0 Å². The van der Waals surface area contributed by atoms with Crippen LogP contribution in [0.2, 0.25) is 0 Å². The molecule has 0 saturated heterocycles. The largest absolute Gasteiger partial charge is 1.00 e. The van der Waals surface area contributed by atoms with E-state index >= 15 is 0 Å². The number of halogens is 1. The van der Waals surface area contributed by atoms with Crippen LogP contribution < -0.4 is 12.4 Å². The van der Waals surface area contributed by atoms with E-state index in [0.29, 0.717) is 0 Å². The van der Waals surface area contributed by atoms with E-state index < -0.39 is 22.4 Å². The molecule has 1 aliphatic heterocycles. The van der Waals surface area contributed by atoms with Gasteiger partial charge in [-0.15, -0.1) is 4.99 Å². The van der Waals surface area contributed by atoms with E-state index in [4.69, 9.17) is 15.3 Å². The molecule has 0 aromatic carbocycles. The van der Waals surface area contributed by atoms with Crippen LogP contribution in [0.5, 0.6) is 0 Å². The van der Waals surface area contributed by atoms with Gasteiger partial charge in [-0.2, -0.15) is 15.1 Å². The number of aliphatic imine (C=N–C) groups is 1. The number of nitrogens with zero attached hydrogens (tertiary/aromatic N) is 2. The molecule has 1 heterocycles. The highest BCUT2D eigenvalue weighted by atomic mass is 35.5. The lowest BCUT2D eigenvalue weighted by molar-refractivity contribution is -0.973. The van der Waals surface area contributed by atoms with Crippen LogP contribution in [-0.4, -0.2) is 31.2 Å². The van der Waals surface area contributed by atoms with Crippen molar-refractivity contribution in [3.63, 3.8) is 0 Å². The first kappa shape index (κ1) is 14.7. The minimum atomic E-state index is -1.47. The van der Waals surface area contributed by atoms with Crippen molar-refractivity contribution in [2.75, 3.05) is 0 Å². The molecule has 0 fully saturated rings. The monoisotopic (exact) mass is 228 g/mol. The van der Waals surface area contributed by atoms with E-state index in [9.17, 15) is 5.21 Å². The molecule has 1 aliphatic rings. The van der Waals surface area contributed by atoms with Gasteiger partial charge in [0, 0.05) is 0 Å². The number of rotatable bonds is 1. The van der Waals surface area contributed by atoms with Crippen LogP contribution >= 0.6 is 9.90 Å². The van der Waals surface area contributed by atoms with E-state index in [2.05, 4.69) is 11.6 Å². The second kappa shape index (κ2) is 4.43. The highest BCUT2D eigenvalue weighted by Gasteiger charge is 2.46. The van der Waals surface area contributed by atoms with Crippen molar-refractivity contribution in [3.05, 3.63) is 24.5 Å². The van der Waals surface area contributed by atoms with E-state index in [-0.39, 0.29) is 22.3 Å². The number of hydroxylamine groups is 3.